The summed E-state index contributed by atoms with van der Waals surface area (Å²) in [5.41, 5.74) is 2.49. The predicted molar refractivity (Wildman–Crippen MR) is 77.6 cm³/mol. The van der Waals surface area contributed by atoms with E-state index in [1.54, 1.807) is 4.68 Å². The van der Waals surface area contributed by atoms with Crippen LogP contribution in [0.2, 0.25) is 0 Å². The van der Waals surface area contributed by atoms with E-state index in [0.717, 1.165) is 16.6 Å². The van der Waals surface area contributed by atoms with Crippen molar-refractivity contribution in [1.82, 2.24) is 20.3 Å². The number of hydrogen-bond donors (Lipinski definition) is 1. The van der Waals surface area contributed by atoms with Crippen LogP contribution in [0.3, 0.4) is 0 Å². The van der Waals surface area contributed by atoms with Crippen LogP contribution in [-0.4, -0.2) is 28.2 Å². The van der Waals surface area contributed by atoms with Crippen LogP contribution >= 0.6 is 0 Å². The number of aromatic nitrogens is 3. The van der Waals surface area contributed by atoms with Gasteiger partial charge in [0.1, 0.15) is 5.52 Å². The number of rotatable bonds is 3. The summed E-state index contributed by atoms with van der Waals surface area (Å²) in [5, 5.41) is 11.1. The summed E-state index contributed by atoms with van der Waals surface area (Å²) in [4.78, 5) is 11.6. The predicted octanol–water partition coefficient (Wildman–Crippen LogP) is 2.33. The number of methoxy groups -OCH3 is 1. The number of carbonyl (C=O) groups is 1. The summed E-state index contributed by atoms with van der Waals surface area (Å²) in [5.74, 6) is 0. The number of para-hydroxylation sites is 1. The van der Waals surface area contributed by atoms with Crippen LogP contribution in [0.5, 0.6) is 0 Å². The zero-order valence-corrected chi connectivity index (χ0v) is 11.4. The average Bonchev–Trinajstić information content (AvgIpc) is 2.97. The molecule has 1 unspecified atom stereocenters. The Morgan fingerprint density at radius 2 is 1.86 bits per heavy atom. The molecule has 0 aliphatic carbocycles. The van der Waals surface area contributed by atoms with Gasteiger partial charge in [-0.15, -0.1) is 5.10 Å². The van der Waals surface area contributed by atoms with Crippen LogP contribution in [0.4, 0.5) is 4.79 Å². The number of benzene rings is 2. The van der Waals surface area contributed by atoms with Gasteiger partial charge in [0.25, 0.3) is 0 Å². The molecule has 21 heavy (non-hydrogen) atoms. The van der Waals surface area contributed by atoms with Crippen LogP contribution in [0.25, 0.3) is 11.0 Å². The lowest BCUT2D eigenvalue weighted by Gasteiger charge is -2.19. The van der Waals surface area contributed by atoms with Gasteiger partial charge in [-0.1, -0.05) is 47.7 Å². The minimum absolute atomic E-state index is 0.481. The molecule has 0 spiro atoms. The molecule has 6 heteroatoms. The first kappa shape index (κ1) is 13.1. The Kier molecular flexibility index (Phi) is 3.51. The Morgan fingerprint density at radius 3 is 2.62 bits per heavy atom. The molecule has 1 aromatic heterocycles. The second kappa shape index (κ2) is 5.62. The van der Waals surface area contributed by atoms with Gasteiger partial charge in [-0.05, 0) is 17.7 Å². The molecule has 0 bridgehead atoms. The van der Waals surface area contributed by atoms with Crippen molar-refractivity contribution in [3.05, 3.63) is 60.2 Å². The third-order valence-electron chi connectivity index (χ3n) is 3.18. The van der Waals surface area contributed by atoms with Crippen LogP contribution in [0, 0.1) is 0 Å². The van der Waals surface area contributed by atoms with Crippen molar-refractivity contribution in [3.8, 4) is 0 Å². The molecule has 3 rings (SSSR count). The largest absolute Gasteiger partial charge is 0.453 e. The SMILES string of the molecule is COC(=O)NC(c1ccccc1)n1nnc2ccccc21. The molecule has 106 valence electrons. The van der Waals surface area contributed by atoms with Gasteiger partial charge in [-0.2, -0.15) is 0 Å². The lowest BCUT2D eigenvalue weighted by Crippen LogP contribution is -2.33. The first-order valence-electron chi connectivity index (χ1n) is 6.49. The maximum absolute atomic E-state index is 11.6. The van der Waals surface area contributed by atoms with Crippen LogP contribution in [-0.2, 0) is 4.74 Å². The lowest BCUT2D eigenvalue weighted by atomic mass is 10.1. The molecule has 2 aromatic carbocycles. The van der Waals surface area contributed by atoms with Crippen molar-refractivity contribution in [2.24, 2.45) is 0 Å². The maximum Gasteiger partial charge on any atom is 0.408 e. The Labute approximate surface area is 121 Å². The molecule has 0 fully saturated rings. The molecule has 1 heterocycles. The normalized spacial score (nSPS) is 12.0. The first-order valence-corrected chi connectivity index (χ1v) is 6.49. The molecular formula is C15H14N4O2. The van der Waals surface area contributed by atoms with Crippen molar-refractivity contribution < 1.29 is 9.53 Å². The van der Waals surface area contributed by atoms with E-state index in [2.05, 4.69) is 15.6 Å². The van der Waals surface area contributed by atoms with Gasteiger partial charge in [0, 0.05) is 0 Å². The van der Waals surface area contributed by atoms with E-state index >= 15 is 0 Å². The van der Waals surface area contributed by atoms with Crippen molar-refractivity contribution in [2.75, 3.05) is 7.11 Å². The molecule has 3 aromatic rings. The highest BCUT2D eigenvalue weighted by atomic mass is 16.5. The molecule has 0 saturated carbocycles. The minimum atomic E-state index is -0.525. The Balaban J connectivity index is 2.08. The molecular weight excluding hydrogens is 268 g/mol. The van der Waals surface area contributed by atoms with Gasteiger partial charge in [-0.25, -0.2) is 9.48 Å². The average molecular weight is 282 g/mol. The van der Waals surface area contributed by atoms with Gasteiger partial charge in [-0.3, -0.25) is 5.32 Å². The van der Waals surface area contributed by atoms with E-state index in [-0.39, 0.29) is 0 Å². The zero-order valence-electron chi connectivity index (χ0n) is 11.4. The summed E-state index contributed by atoms with van der Waals surface area (Å²) in [6, 6.07) is 17.1. The molecule has 0 saturated heterocycles. The fourth-order valence-electron chi connectivity index (χ4n) is 2.17. The van der Waals surface area contributed by atoms with Crippen LogP contribution in [0.1, 0.15) is 11.7 Å². The second-order valence-electron chi connectivity index (χ2n) is 4.47. The van der Waals surface area contributed by atoms with E-state index in [0.29, 0.717) is 0 Å². The number of carbonyl (C=O) groups excluding carboxylic acids is 1. The standard InChI is InChI=1S/C15H14N4O2/c1-21-15(20)16-14(11-7-3-2-4-8-11)19-13-10-6-5-9-12(13)17-18-19/h2-10,14H,1H3,(H,16,20). The monoisotopic (exact) mass is 282 g/mol. The van der Waals surface area contributed by atoms with E-state index < -0.39 is 12.3 Å². The summed E-state index contributed by atoms with van der Waals surface area (Å²) in [7, 11) is 1.33. The molecule has 0 radical (unpaired) electrons. The van der Waals surface area contributed by atoms with Crippen molar-refractivity contribution in [2.45, 2.75) is 6.17 Å². The van der Waals surface area contributed by atoms with Crippen LogP contribution in [0.15, 0.2) is 54.6 Å². The Bertz CT molecular complexity index is 754. The maximum atomic E-state index is 11.6. The van der Waals surface area contributed by atoms with E-state index in [1.165, 1.54) is 7.11 Å². The zero-order chi connectivity index (χ0) is 14.7. The summed E-state index contributed by atoms with van der Waals surface area (Å²) in [6.45, 7) is 0. The smallest absolute Gasteiger partial charge is 0.408 e. The quantitative estimate of drug-likeness (QED) is 0.800. The third kappa shape index (κ3) is 2.55. The van der Waals surface area contributed by atoms with Crippen molar-refractivity contribution in [3.63, 3.8) is 0 Å². The summed E-state index contributed by atoms with van der Waals surface area (Å²) < 4.78 is 6.37. The number of nitrogens with one attached hydrogen (secondary N) is 1. The Hall–Kier alpha value is -2.89. The number of hydrogen-bond acceptors (Lipinski definition) is 4. The Morgan fingerprint density at radius 1 is 1.14 bits per heavy atom. The molecule has 1 N–H and O–H groups in total. The van der Waals surface area contributed by atoms with E-state index in [1.807, 2.05) is 54.6 Å². The van der Waals surface area contributed by atoms with Gasteiger partial charge in [0.15, 0.2) is 6.17 Å². The van der Waals surface area contributed by atoms with Crippen molar-refractivity contribution >= 4 is 17.1 Å². The molecule has 1 amide bonds. The minimum Gasteiger partial charge on any atom is -0.453 e. The van der Waals surface area contributed by atoms with Gasteiger partial charge < -0.3 is 4.74 Å². The highest BCUT2D eigenvalue weighted by molar-refractivity contribution is 5.75. The van der Waals surface area contributed by atoms with Crippen molar-refractivity contribution in [1.29, 1.82) is 0 Å². The number of nitrogens with zero attached hydrogens (tertiary/aromatic N) is 3. The molecule has 0 aliphatic heterocycles. The fraction of sp³-hybridized carbons (Fsp3) is 0.133. The molecule has 0 aliphatic rings. The van der Waals surface area contributed by atoms with E-state index in [4.69, 9.17) is 4.74 Å². The second-order valence-corrected chi connectivity index (χ2v) is 4.47. The number of amides is 1. The van der Waals surface area contributed by atoms with Gasteiger partial charge in [0.2, 0.25) is 0 Å². The topological polar surface area (TPSA) is 69.0 Å². The fourth-order valence-corrected chi connectivity index (χ4v) is 2.17. The van der Waals surface area contributed by atoms with Gasteiger partial charge >= 0.3 is 6.09 Å². The highest BCUT2D eigenvalue weighted by Crippen LogP contribution is 2.20. The lowest BCUT2D eigenvalue weighted by molar-refractivity contribution is 0.163. The summed E-state index contributed by atoms with van der Waals surface area (Å²) in [6.07, 6.45) is -1.01. The van der Waals surface area contributed by atoms with Crippen LogP contribution < -0.4 is 5.32 Å². The molecule has 6 nitrogen and oxygen atoms in total. The third-order valence-corrected chi connectivity index (χ3v) is 3.18. The number of fused-ring (bicyclic) bond motifs is 1. The van der Waals surface area contributed by atoms with E-state index in [9.17, 15) is 4.79 Å². The first-order chi connectivity index (χ1) is 10.3. The number of alkyl carbamates (subject to hydrolysis) is 1. The summed E-state index contributed by atoms with van der Waals surface area (Å²) >= 11 is 0. The van der Waals surface area contributed by atoms with Gasteiger partial charge in [0.05, 0.1) is 12.6 Å². The number of ether oxygens (including phenoxy) is 1. The highest BCUT2D eigenvalue weighted by Gasteiger charge is 2.20. The molecule has 1 atom stereocenters.